The van der Waals surface area contributed by atoms with Crippen molar-refractivity contribution in [2.45, 2.75) is 25.8 Å². The Kier molecular flexibility index (Phi) is 6.92. The van der Waals surface area contributed by atoms with Gasteiger partial charge in [-0.2, -0.15) is 0 Å². The minimum absolute atomic E-state index is 0.251. The van der Waals surface area contributed by atoms with Crippen molar-refractivity contribution < 1.29 is 9.21 Å². The molecule has 156 valence electrons. The molecule has 1 aliphatic heterocycles. The van der Waals surface area contributed by atoms with Gasteiger partial charge in [0, 0.05) is 42.6 Å². The summed E-state index contributed by atoms with van der Waals surface area (Å²) in [6.07, 6.45) is 2.45. The molecule has 6 nitrogen and oxygen atoms in total. The maximum Gasteiger partial charge on any atom is 0.247 e. The van der Waals surface area contributed by atoms with Crippen molar-refractivity contribution >= 4 is 21.8 Å². The van der Waals surface area contributed by atoms with Gasteiger partial charge >= 0.3 is 0 Å². The summed E-state index contributed by atoms with van der Waals surface area (Å²) in [5.74, 6) is 1.39. The zero-order chi connectivity index (χ0) is 20.8. The lowest BCUT2D eigenvalue weighted by Gasteiger charge is -2.34. The fraction of sp³-hybridized carbons (Fsp3) is 0.348. The molecule has 1 aromatic heterocycles. The number of hydrogen-bond acceptors (Lipinski definition) is 5. The van der Waals surface area contributed by atoms with Crippen LogP contribution in [0.1, 0.15) is 24.3 Å². The number of carbonyl (C=O) groups is 1. The molecule has 0 spiro atoms. The number of carbonyl (C=O) groups excluding carboxylic acids is 1. The van der Waals surface area contributed by atoms with E-state index in [9.17, 15) is 4.79 Å². The molecule has 0 atom stereocenters. The lowest BCUT2D eigenvalue weighted by atomic mass is 10.1. The highest BCUT2D eigenvalue weighted by molar-refractivity contribution is 9.10. The number of amides is 1. The highest BCUT2D eigenvalue weighted by Gasteiger charge is 2.22. The number of nitrogens with zero attached hydrogens (tertiary/aromatic N) is 4. The summed E-state index contributed by atoms with van der Waals surface area (Å²) in [5, 5.41) is 8.34. The monoisotopic (exact) mass is 468 g/mol. The van der Waals surface area contributed by atoms with E-state index in [4.69, 9.17) is 4.42 Å². The topological polar surface area (TPSA) is 62.5 Å². The third-order valence-electron chi connectivity index (χ3n) is 5.34. The molecular formula is C23H25BrN4O2. The molecule has 2 aromatic carbocycles. The highest BCUT2D eigenvalue weighted by Crippen LogP contribution is 2.21. The number of halogens is 1. The number of aromatic nitrogens is 2. The fourth-order valence-corrected chi connectivity index (χ4v) is 3.88. The van der Waals surface area contributed by atoms with Crippen LogP contribution >= 0.6 is 15.9 Å². The SMILES string of the molecule is O=C(CCCc1ccccc1)N1CCN(Cc2nnc(-c3ccc(Br)cc3)o2)CC1. The summed E-state index contributed by atoms with van der Waals surface area (Å²) < 4.78 is 6.83. The van der Waals surface area contributed by atoms with E-state index in [0.717, 1.165) is 49.1 Å². The largest absolute Gasteiger partial charge is 0.419 e. The Balaban J connectivity index is 1.21. The number of piperazine rings is 1. The van der Waals surface area contributed by atoms with Crippen LogP contribution in [0.2, 0.25) is 0 Å². The number of benzene rings is 2. The summed E-state index contributed by atoms with van der Waals surface area (Å²) in [5.41, 5.74) is 2.19. The second-order valence-corrected chi connectivity index (χ2v) is 8.42. The van der Waals surface area contributed by atoms with Gasteiger partial charge in [-0.15, -0.1) is 10.2 Å². The fourth-order valence-electron chi connectivity index (χ4n) is 3.62. The predicted octanol–water partition coefficient (Wildman–Crippen LogP) is 4.17. The molecule has 0 N–H and O–H groups in total. The van der Waals surface area contributed by atoms with Crippen LogP contribution in [0.5, 0.6) is 0 Å². The lowest BCUT2D eigenvalue weighted by molar-refractivity contribution is -0.133. The van der Waals surface area contributed by atoms with E-state index >= 15 is 0 Å². The lowest BCUT2D eigenvalue weighted by Crippen LogP contribution is -2.48. The second kappa shape index (κ2) is 10.00. The third kappa shape index (κ3) is 5.55. The first-order valence-corrected chi connectivity index (χ1v) is 11.1. The van der Waals surface area contributed by atoms with Crippen molar-refractivity contribution in [1.82, 2.24) is 20.0 Å². The van der Waals surface area contributed by atoms with Crippen LogP contribution in [0, 0.1) is 0 Å². The van der Waals surface area contributed by atoms with Crippen molar-refractivity contribution in [3.8, 4) is 11.5 Å². The van der Waals surface area contributed by atoms with E-state index in [2.05, 4.69) is 43.2 Å². The van der Waals surface area contributed by atoms with E-state index in [-0.39, 0.29) is 5.91 Å². The Labute approximate surface area is 185 Å². The van der Waals surface area contributed by atoms with Crippen LogP contribution in [-0.4, -0.2) is 52.1 Å². The Bertz CT molecular complexity index is 951. The van der Waals surface area contributed by atoms with Crippen molar-refractivity contribution in [1.29, 1.82) is 0 Å². The van der Waals surface area contributed by atoms with Crippen molar-refractivity contribution in [3.05, 3.63) is 70.5 Å². The molecule has 0 unspecified atom stereocenters. The van der Waals surface area contributed by atoms with Crippen LogP contribution in [0.4, 0.5) is 0 Å². The first kappa shape index (κ1) is 20.8. The first-order valence-electron chi connectivity index (χ1n) is 10.3. The summed E-state index contributed by atoms with van der Waals surface area (Å²) in [6.45, 7) is 3.75. The van der Waals surface area contributed by atoms with E-state index in [0.29, 0.717) is 24.7 Å². The van der Waals surface area contributed by atoms with E-state index < -0.39 is 0 Å². The first-order chi connectivity index (χ1) is 14.7. The quantitative estimate of drug-likeness (QED) is 0.520. The Morgan fingerprint density at radius 1 is 0.967 bits per heavy atom. The Morgan fingerprint density at radius 2 is 1.70 bits per heavy atom. The van der Waals surface area contributed by atoms with Gasteiger partial charge in [0.15, 0.2) is 0 Å². The van der Waals surface area contributed by atoms with Gasteiger partial charge in [0.1, 0.15) is 0 Å². The molecule has 1 saturated heterocycles. The molecular weight excluding hydrogens is 444 g/mol. The molecule has 0 bridgehead atoms. The minimum atomic E-state index is 0.251. The third-order valence-corrected chi connectivity index (χ3v) is 5.87. The molecule has 7 heteroatoms. The van der Waals surface area contributed by atoms with Crippen molar-refractivity contribution in [3.63, 3.8) is 0 Å². The van der Waals surface area contributed by atoms with Gasteiger partial charge < -0.3 is 9.32 Å². The zero-order valence-electron chi connectivity index (χ0n) is 16.8. The molecule has 2 heterocycles. The number of rotatable bonds is 7. The van der Waals surface area contributed by atoms with Gasteiger partial charge in [0.2, 0.25) is 17.7 Å². The standard InChI is InChI=1S/C23H25BrN4O2/c24-20-11-9-19(10-12-20)23-26-25-21(30-23)17-27-13-15-28(16-14-27)22(29)8-4-7-18-5-2-1-3-6-18/h1-3,5-6,9-12H,4,7-8,13-17H2. The van der Waals surface area contributed by atoms with Gasteiger partial charge in [0.05, 0.1) is 6.54 Å². The van der Waals surface area contributed by atoms with Gasteiger partial charge in [-0.3, -0.25) is 9.69 Å². The summed E-state index contributed by atoms with van der Waals surface area (Å²) in [4.78, 5) is 16.7. The van der Waals surface area contributed by atoms with Gasteiger partial charge in [-0.05, 0) is 42.7 Å². The minimum Gasteiger partial charge on any atom is -0.419 e. The average molecular weight is 469 g/mol. The predicted molar refractivity (Wildman–Crippen MR) is 119 cm³/mol. The van der Waals surface area contributed by atoms with Gasteiger partial charge in [-0.25, -0.2) is 0 Å². The molecule has 3 aromatic rings. The van der Waals surface area contributed by atoms with Crippen LogP contribution in [0.15, 0.2) is 63.5 Å². The average Bonchev–Trinajstić information content (AvgIpc) is 3.24. The molecule has 1 fully saturated rings. The smallest absolute Gasteiger partial charge is 0.247 e. The number of aryl methyl sites for hydroxylation is 1. The molecule has 0 aliphatic carbocycles. The highest BCUT2D eigenvalue weighted by atomic mass is 79.9. The van der Waals surface area contributed by atoms with Crippen LogP contribution in [0.25, 0.3) is 11.5 Å². The molecule has 4 rings (SSSR count). The second-order valence-electron chi connectivity index (χ2n) is 7.50. The molecule has 0 saturated carbocycles. The molecule has 30 heavy (non-hydrogen) atoms. The van der Waals surface area contributed by atoms with Crippen molar-refractivity contribution in [2.24, 2.45) is 0 Å². The Hall–Kier alpha value is -2.51. The summed E-state index contributed by atoms with van der Waals surface area (Å²) in [7, 11) is 0. The van der Waals surface area contributed by atoms with Crippen molar-refractivity contribution in [2.75, 3.05) is 26.2 Å². The van der Waals surface area contributed by atoms with E-state index in [1.54, 1.807) is 0 Å². The maximum atomic E-state index is 12.5. The maximum absolute atomic E-state index is 12.5. The van der Waals surface area contributed by atoms with Crippen LogP contribution < -0.4 is 0 Å². The normalized spacial score (nSPS) is 14.8. The van der Waals surface area contributed by atoms with Gasteiger partial charge in [0.25, 0.3) is 0 Å². The molecule has 0 radical (unpaired) electrons. The molecule has 1 amide bonds. The zero-order valence-corrected chi connectivity index (χ0v) is 18.4. The molecule has 1 aliphatic rings. The van der Waals surface area contributed by atoms with E-state index in [1.807, 2.05) is 47.4 Å². The van der Waals surface area contributed by atoms with E-state index in [1.165, 1.54) is 5.56 Å². The Morgan fingerprint density at radius 3 is 2.43 bits per heavy atom. The number of hydrogen-bond donors (Lipinski definition) is 0. The van der Waals surface area contributed by atoms with Gasteiger partial charge in [-0.1, -0.05) is 46.3 Å². The van der Waals surface area contributed by atoms with Crippen LogP contribution in [-0.2, 0) is 17.8 Å². The van der Waals surface area contributed by atoms with Crippen LogP contribution in [0.3, 0.4) is 0 Å². The summed E-state index contributed by atoms with van der Waals surface area (Å²) >= 11 is 3.43. The summed E-state index contributed by atoms with van der Waals surface area (Å²) in [6, 6.07) is 18.1.